The van der Waals surface area contributed by atoms with Gasteiger partial charge in [-0.05, 0) is 50.3 Å². The maximum atomic E-state index is 5.44. The molecule has 1 aliphatic heterocycles. The molecule has 0 aliphatic carbocycles. The lowest BCUT2D eigenvalue weighted by atomic mass is 10.00. The zero-order valence-corrected chi connectivity index (χ0v) is 15.0. The van der Waals surface area contributed by atoms with Crippen molar-refractivity contribution in [2.75, 3.05) is 30.4 Å². The van der Waals surface area contributed by atoms with Gasteiger partial charge in [0.05, 0.1) is 12.8 Å². The van der Waals surface area contributed by atoms with E-state index in [2.05, 4.69) is 35.1 Å². The Morgan fingerprint density at radius 1 is 1.12 bits per heavy atom. The van der Waals surface area contributed by atoms with Crippen LogP contribution in [0.2, 0.25) is 0 Å². The van der Waals surface area contributed by atoms with E-state index in [1.54, 1.807) is 7.11 Å². The number of aryl methyl sites for hydroxylation is 2. The molecule has 0 atom stereocenters. The molecular weight excluding hydrogens is 300 g/mol. The highest BCUT2D eigenvalue weighted by atomic mass is 16.5. The van der Waals surface area contributed by atoms with Gasteiger partial charge in [-0.3, -0.25) is 0 Å². The average molecular weight is 326 g/mol. The highest BCUT2D eigenvalue weighted by Gasteiger charge is 2.19. The van der Waals surface area contributed by atoms with Crippen molar-refractivity contribution >= 4 is 17.5 Å². The fourth-order valence-electron chi connectivity index (χ4n) is 3.02. The van der Waals surface area contributed by atoms with Crippen LogP contribution >= 0.6 is 0 Å². The summed E-state index contributed by atoms with van der Waals surface area (Å²) in [4.78, 5) is 11.6. The Hall–Kier alpha value is -2.30. The lowest BCUT2D eigenvalue weighted by molar-refractivity contribution is 0.416. The van der Waals surface area contributed by atoms with E-state index in [1.807, 2.05) is 25.1 Å². The third-order valence-electron chi connectivity index (χ3n) is 4.53. The van der Waals surface area contributed by atoms with Crippen LogP contribution in [0.1, 0.15) is 31.0 Å². The van der Waals surface area contributed by atoms with E-state index in [0.29, 0.717) is 0 Å². The van der Waals surface area contributed by atoms with Crippen LogP contribution in [0.3, 0.4) is 0 Å². The van der Waals surface area contributed by atoms with E-state index in [-0.39, 0.29) is 0 Å². The summed E-state index contributed by atoms with van der Waals surface area (Å²) in [7, 11) is 1.68. The zero-order valence-electron chi connectivity index (χ0n) is 15.0. The second-order valence-electron chi connectivity index (χ2n) is 6.69. The molecule has 1 N–H and O–H groups in total. The summed E-state index contributed by atoms with van der Waals surface area (Å²) >= 11 is 0. The number of hydrogen-bond donors (Lipinski definition) is 1. The first-order chi connectivity index (χ1) is 11.5. The molecule has 1 fully saturated rings. The van der Waals surface area contributed by atoms with Crippen LogP contribution in [-0.4, -0.2) is 30.2 Å². The van der Waals surface area contributed by atoms with Crippen molar-refractivity contribution in [3.63, 3.8) is 0 Å². The van der Waals surface area contributed by atoms with Gasteiger partial charge in [-0.1, -0.05) is 13.0 Å². The lowest BCUT2D eigenvalue weighted by Crippen LogP contribution is -2.34. The summed E-state index contributed by atoms with van der Waals surface area (Å²) in [5, 5.41) is 3.39. The first-order valence-electron chi connectivity index (χ1n) is 8.57. The number of piperidine rings is 1. The largest absolute Gasteiger partial charge is 0.495 e. The first kappa shape index (κ1) is 16.6. The van der Waals surface area contributed by atoms with Gasteiger partial charge in [0, 0.05) is 24.8 Å². The van der Waals surface area contributed by atoms with Gasteiger partial charge < -0.3 is 15.0 Å². The van der Waals surface area contributed by atoms with Gasteiger partial charge in [0.2, 0.25) is 5.95 Å². The summed E-state index contributed by atoms with van der Waals surface area (Å²) in [6, 6.07) is 8.05. The highest BCUT2D eigenvalue weighted by molar-refractivity contribution is 5.66. The van der Waals surface area contributed by atoms with Gasteiger partial charge in [0.25, 0.3) is 0 Å². The molecule has 1 aromatic heterocycles. The maximum absolute atomic E-state index is 5.44. The number of rotatable bonds is 4. The number of benzene rings is 1. The normalized spacial score (nSPS) is 15.4. The molecule has 1 saturated heterocycles. The topological polar surface area (TPSA) is 50.3 Å². The third kappa shape index (κ3) is 3.78. The van der Waals surface area contributed by atoms with Crippen molar-refractivity contribution in [3.05, 3.63) is 35.5 Å². The van der Waals surface area contributed by atoms with Crippen LogP contribution in [0.4, 0.5) is 17.5 Å². The van der Waals surface area contributed by atoms with Crippen LogP contribution in [-0.2, 0) is 0 Å². The molecule has 3 rings (SSSR count). The monoisotopic (exact) mass is 326 g/mol. The molecule has 2 aromatic rings. The van der Waals surface area contributed by atoms with Gasteiger partial charge in [-0.15, -0.1) is 0 Å². The predicted octanol–water partition coefficient (Wildman–Crippen LogP) is 4.08. The summed E-state index contributed by atoms with van der Waals surface area (Å²) in [5.41, 5.74) is 3.07. The molecular formula is C19H26N4O. The Labute approximate surface area is 144 Å². The van der Waals surface area contributed by atoms with Crippen LogP contribution in [0, 0.1) is 19.8 Å². The van der Waals surface area contributed by atoms with E-state index >= 15 is 0 Å². The Morgan fingerprint density at radius 3 is 2.58 bits per heavy atom. The number of ether oxygens (including phenoxy) is 1. The highest BCUT2D eigenvalue weighted by Crippen LogP contribution is 2.29. The van der Waals surface area contributed by atoms with Gasteiger partial charge in [0.1, 0.15) is 11.6 Å². The van der Waals surface area contributed by atoms with Crippen LogP contribution in [0.25, 0.3) is 0 Å². The molecule has 128 valence electrons. The van der Waals surface area contributed by atoms with Crippen molar-refractivity contribution in [3.8, 4) is 5.75 Å². The molecule has 1 aromatic carbocycles. The molecule has 5 heteroatoms. The Kier molecular flexibility index (Phi) is 4.88. The molecule has 2 heterocycles. The minimum absolute atomic E-state index is 0.792. The number of nitrogens with zero attached hydrogens (tertiary/aromatic N) is 3. The molecule has 0 spiro atoms. The molecule has 0 amide bonds. The fourth-order valence-corrected chi connectivity index (χ4v) is 3.02. The van der Waals surface area contributed by atoms with Crippen molar-refractivity contribution in [1.82, 2.24) is 9.97 Å². The van der Waals surface area contributed by atoms with Crippen molar-refractivity contribution < 1.29 is 4.74 Å². The minimum atomic E-state index is 0.792. The second kappa shape index (κ2) is 7.07. The van der Waals surface area contributed by atoms with Gasteiger partial charge in [-0.2, -0.15) is 4.98 Å². The molecule has 1 aliphatic rings. The lowest BCUT2D eigenvalue weighted by Gasteiger charge is -2.30. The number of methoxy groups -OCH3 is 1. The van der Waals surface area contributed by atoms with E-state index < -0.39 is 0 Å². The summed E-state index contributed by atoms with van der Waals surface area (Å²) in [6.45, 7) is 8.44. The zero-order chi connectivity index (χ0) is 17.1. The summed E-state index contributed by atoms with van der Waals surface area (Å²) in [5.74, 6) is 3.22. The standard InChI is InChI=1S/C19H26N4O/c1-13-7-9-23(10-8-13)19-20-15(3)12-18(22-19)21-16-11-14(2)5-6-17(16)24-4/h5-6,11-13H,7-10H2,1-4H3,(H,20,21,22). The van der Waals surface area contributed by atoms with E-state index in [1.165, 1.54) is 18.4 Å². The van der Waals surface area contributed by atoms with E-state index in [0.717, 1.165) is 47.9 Å². The Bertz CT molecular complexity index is 709. The maximum Gasteiger partial charge on any atom is 0.227 e. The first-order valence-corrected chi connectivity index (χ1v) is 8.57. The Balaban J connectivity index is 1.85. The number of hydrogen-bond acceptors (Lipinski definition) is 5. The third-order valence-corrected chi connectivity index (χ3v) is 4.53. The van der Waals surface area contributed by atoms with Crippen LogP contribution in [0.15, 0.2) is 24.3 Å². The van der Waals surface area contributed by atoms with Gasteiger partial charge >= 0.3 is 0 Å². The molecule has 0 radical (unpaired) electrons. The van der Waals surface area contributed by atoms with Gasteiger partial charge in [-0.25, -0.2) is 4.98 Å². The predicted molar refractivity (Wildman–Crippen MR) is 98.4 cm³/mol. The van der Waals surface area contributed by atoms with E-state index in [4.69, 9.17) is 9.72 Å². The molecule has 24 heavy (non-hydrogen) atoms. The SMILES string of the molecule is COc1ccc(C)cc1Nc1cc(C)nc(N2CCC(C)CC2)n1. The smallest absolute Gasteiger partial charge is 0.227 e. The van der Waals surface area contributed by atoms with Crippen LogP contribution in [0.5, 0.6) is 5.75 Å². The van der Waals surface area contributed by atoms with Crippen molar-refractivity contribution in [2.24, 2.45) is 5.92 Å². The number of aromatic nitrogens is 2. The van der Waals surface area contributed by atoms with Gasteiger partial charge in [0.15, 0.2) is 0 Å². The molecule has 0 saturated carbocycles. The fraction of sp³-hybridized carbons (Fsp3) is 0.474. The summed E-state index contributed by atoms with van der Waals surface area (Å²) in [6.07, 6.45) is 2.40. The quantitative estimate of drug-likeness (QED) is 0.917. The number of nitrogens with one attached hydrogen (secondary N) is 1. The minimum Gasteiger partial charge on any atom is -0.495 e. The molecule has 5 nitrogen and oxygen atoms in total. The number of anilines is 3. The Morgan fingerprint density at radius 2 is 1.88 bits per heavy atom. The van der Waals surface area contributed by atoms with Crippen LogP contribution < -0.4 is 15.0 Å². The average Bonchev–Trinajstić information content (AvgIpc) is 2.55. The second-order valence-corrected chi connectivity index (χ2v) is 6.69. The summed E-state index contributed by atoms with van der Waals surface area (Å²) < 4.78 is 5.44. The van der Waals surface area contributed by atoms with Crippen molar-refractivity contribution in [2.45, 2.75) is 33.6 Å². The molecule has 0 unspecified atom stereocenters. The molecule has 0 bridgehead atoms. The van der Waals surface area contributed by atoms with Crippen molar-refractivity contribution in [1.29, 1.82) is 0 Å². The van der Waals surface area contributed by atoms with E-state index in [9.17, 15) is 0 Å².